The van der Waals surface area contributed by atoms with E-state index in [0.717, 1.165) is 0 Å². The zero-order valence-corrected chi connectivity index (χ0v) is 10.7. The van der Waals surface area contributed by atoms with Gasteiger partial charge in [-0.1, -0.05) is 0 Å². The van der Waals surface area contributed by atoms with E-state index in [0.29, 0.717) is 13.1 Å². The molecule has 1 heterocycles. The molecule has 0 radical (unpaired) electrons. The number of rotatable bonds is 5. The van der Waals surface area contributed by atoms with Gasteiger partial charge in [0.15, 0.2) is 0 Å². The third kappa shape index (κ3) is 2.89. The van der Waals surface area contributed by atoms with Gasteiger partial charge in [0.2, 0.25) is 11.8 Å². The molecule has 0 aromatic carbocycles. The van der Waals surface area contributed by atoms with E-state index in [1.165, 1.54) is 4.90 Å². The third-order valence-electron chi connectivity index (χ3n) is 2.78. The van der Waals surface area contributed by atoms with Crippen LogP contribution in [0.15, 0.2) is 0 Å². The standard InChI is InChI=1S/C10H18N2O3S/c1-4-12-9(13)5-8(10(12)14)11-6-7(2)16(3)15/h7-8,11H,4-6H2,1-3H3. The third-order valence-corrected chi connectivity index (χ3v) is 4.08. The first kappa shape index (κ1) is 13.3. The molecule has 1 aliphatic heterocycles. The summed E-state index contributed by atoms with van der Waals surface area (Å²) in [5, 5.41) is 2.99. The van der Waals surface area contributed by atoms with Gasteiger partial charge in [-0.2, -0.15) is 0 Å². The summed E-state index contributed by atoms with van der Waals surface area (Å²) in [6.07, 6.45) is 1.85. The lowest BCUT2D eigenvalue weighted by Gasteiger charge is -2.15. The van der Waals surface area contributed by atoms with Crippen LogP contribution in [-0.4, -0.2) is 51.6 Å². The Kier molecular flexibility index (Phi) is 4.61. The predicted molar refractivity (Wildman–Crippen MR) is 62.3 cm³/mol. The van der Waals surface area contributed by atoms with Gasteiger partial charge in [0, 0.05) is 35.4 Å². The smallest absolute Gasteiger partial charge is 0.246 e. The average Bonchev–Trinajstić information content (AvgIpc) is 2.50. The fraction of sp³-hybridized carbons (Fsp3) is 0.800. The molecule has 1 saturated heterocycles. The lowest BCUT2D eigenvalue weighted by atomic mass is 10.2. The largest absolute Gasteiger partial charge is 0.304 e. The van der Waals surface area contributed by atoms with Crippen molar-refractivity contribution in [2.75, 3.05) is 19.3 Å². The molecule has 2 amide bonds. The molecule has 0 aliphatic carbocycles. The number of nitrogens with zero attached hydrogens (tertiary/aromatic N) is 1. The molecular weight excluding hydrogens is 228 g/mol. The van der Waals surface area contributed by atoms with E-state index in [1.54, 1.807) is 13.2 Å². The monoisotopic (exact) mass is 246 g/mol. The highest BCUT2D eigenvalue weighted by molar-refractivity contribution is 7.84. The number of imide groups is 1. The van der Waals surface area contributed by atoms with Crippen molar-refractivity contribution in [3.05, 3.63) is 0 Å². The Morgan fingerprint density at radius 1 is 1.56 bits per heavy atom. The van der Waals surface area contributed by atoms with Crippen molar-refractivity contribution >= 4 is 22.6 Å². The van der Waals surface area contributed by atoms with Gasteiger partial charge in [-0.3, -0.25) is 18.7 Å². The Bertz CT molecular complexity index is 319. The first-order valence-electron chi connectivity index (χ1n) is 5.37. The molecule has 16 heavy (non-hydrogen) atoms. The van der Waals surface area contributed by atoms with Gasteiger partial charge in [0.25, 0.3) is 0 Å². The van der Waals surface area contributed by atoms with Gasteiger partial charge in [-0.15, -0.1) is 0 Å². The second-order valence-electron chi connectivity index (χ2n) is 3.95. The first-order chi connectivity index (χ1) is 7.47. The van der Waals surface area contributed by atoms with Gasteiger partial charge in [-0.05, 0) is 13.8 Å². The van der Waals surface area contributed by atoms with E-state index in [1.807, 2.05) is 6.92 Å². The molecule has 1 aliphatic rings. The van der Waals surface area contributed by atoms with Crippen molar-refractivity contribution in [3.63, 3.8) is 0 Å². The fourth-order valence-electron chi connectivity index (χ4n) is 1.60. The highest BCUT2D eigenvalue weighted by Gasteiger charge is 2.37. The Labute approximate surface area is 98.0 Å². The molecule has 0 aromatic heterocycles. The van der Waals surface area contributed by atoms with Crippen LogP contribution in [0.3, 0.4) is 0 Å². The molecule has 1 fully saturated rings. The second kappa shape index (κ2) is 5.54. The van der Waals surface area contributed by atoms with Crippen LogP contribution in [0, 0.1) is 0 Å². The van der Waals surface area contributed by atoms with Crippen molar-refractivity contribution in [2.45, 2.75) is 31.6 Å². The Balaban J connectivity index is 2.48. The average molecular weight is 246 g/mol. The molecule has 0 bridgehead atoms. The Hall–Kier alpha value is -0.750. The molecule has 3 atom stereocenters. The highest BCUT2D eigenvalue weighted by atomic mass is 32.2. The summed E-state index contributed by atoms with van der Waals surface area (Å²) < 4.78 is 11.1. The van der Waals surface area contributed by atoms with Gasteiger partial charge in [0.1, 0.15) is 0 Å². The summed E-state index contributed by atoms with van der Waals surface area (Å²) in [4.78, 5) is 24.4. The number of amides is 2. The zero-order chi connectivity index (χ0) is 12.3. The summed E-state index contributed by atoms with van der Waals surface area (Å²) in [6, 6.07) is -0.432. The van der Waals surface area contributed by atoms with Crippen molar-refractivity contribution in [2.24, 2.45) is 0 Å². The molecule has 0 aromatic rings. The van der Waals surface area contributed by atoms with E-state index in [2.05, 4.69) is 5.32 Å². The molecule has 5 nitrogen and oxygen atoms in total. The molecule has 92 valence electrons. The highest BCUT2D eigenvalue weighted by Crippen LogP contribution is 2.12. The maximum atomic E-state index is 11.7. The van der Waals surface area contributed by atoms with Crippen molar-refractivity contribution in [1.82, 2.24) is 10.2 Å². The topological polar surface area (TPSA) is 66.5 Å². The van der Waals surface area contributed by atoms with Crippen LogP contribution < -0.4 is 5.32 Å². The first-order valence-corrected chi connectivity index (χ1v) is 6.99. The van der Waals surface area contributed by atoms with E-state index in [-0.39, 0.29) is 23.5 Å². The predicted octanol–water partition coefficient (Wildman–Crippen LogP) is -0.510. The SMILES string of the molecule is CCN1C(=O)CC(NCC(C)S(C)=O)C1=O. The molecule has 3 unspecified atom stereocenters. The quantitative estimate of drug-likeness (QED) is 0.664. The molecule has 1 N–H and O–H groups in total. The zero-order valence-electron chi connectivity index (χ0n) is 9.86. The van der Waals surface area contributed by atoms with Crippen LogP contribution in [-0.2, 0) is 20.4 Å². The lowest BCUT2D eigenvalue weighted by Crippen LogP contribution is -2.41. The summed E-state index contributed by atoms with van der Waals surface area (Å²) in [6.45, 7) is 4.54. The molecule has 6 heteroatoms. The van der Waals surface area contributed by atoms with Gasteiger partial charge in [0.05, 0.1) is 12.5 Å². The fourth-order valence-corrected chi connectivity index (χ4v) is 1.93. The number of carbonyl (C=O) groups is 2. The Morgan fingerprint density at radius 2 is 2.19 bits per heavy atom. The van der Waals surface area contributed by atoms with Crippen LogP contribution in [0.1, 0.15) is 20.3 Å². The molecular formula is C10H18N2O3S. The van der Waals surface area contributed by atoms with E-state index >= 15 is 0 Å². The van der Waals surface area contributed by atoms with Crippen LogP contribution in [0.2, 0.25) is 0 Å². The summed E-state index contributed by atoms with van der Waals surface area (Å²) in [5.74, 6) is -0.295. The Morgan fingerprint density at radius 3 is 2.62 bits per heavy atom. The minimum atomic E-state index is -0.913. The maximum Gasteiger partial charge on any atom is 0.246 e. The normalized spacial score (nSPS) is 24.9. The number of likely N-dealkylation sites (N-methyl/N-ethyl adjacent to an activating group) is 1. The molecule has 1 rings (SSSR count). The number of hydrogen-bond acceptors (Lipinski definition) is 4. The summed E-state index contributed by atoms with van der Waals surface area (Å²) in [7, 11) is -0.913. The number of carbonyl (C=O) groups excluding carboxylic acids is 2. The molecule has 0 spiro atoms. The van der Waals surface area contributed by atoms with Gasteiger partial charge >= 0.3 is 0 Å². The van der Waals surface area contributed by atoms with E-state index < -0.39 is 16.8 Å². The number of hydrogen-bond donors (Lipinski definition) is 1. The van der Waals surface area contributed by atoms with E-state index in [4.69, 9.17) is 0 Å². The summed E-state index contributed by atoms with van der Waals surface area (Å²) >= 11 is 0. The van der Waals surface area contributed by atoms with Gasteiger partial charge < -0.3 is 5.32 Å². The van der Waals surface area contributed by atoms with Crippen molar-refractivity contribution < 1.29 is 13.8 Å². The van der Waals surface area contributed by atoms with Crippen molar-refractivity contribution in [1.29, 1.82) is 0 Å². The van der Waals surface area contributed by atoms with Crippen LogP contribution in [0.25, 0.3) is 0 Å². The number of nitrogens with one attached hydrogen (secondary N) is 1. The maximum absolute atomic E-state index is 11.7. The lowest BCUT2D eigenvalue weighted by molar-refractivity contribution is -0.138. The van der Waals surface area contributed by atoms with Crippen LogP contribution in [0.5, 0.6) is 0 Å². The minimum Gasteiger partial charge on any atom is -0.304 e. The minimum absolute atomic E-state index is 0.0152. The second-order valence-corrected chi connectivity index (χ2v) is 5.75. The molecule has 0 saturated carbocycles. The number of likely N-dealkylation sites (tertiary alicyclic amines) is 1. The van der Waals surface area contributed by atoms with Crippen LogP contribution in [0.4, 0.5) is 0 Å². The van der Waals surface area contributed by atoms with Crippen molar-refractivity contribution in [3.8, 4) is 0 Å². The van der Waals surface area contributed by atoms with Gasteiger partial charge in [-0.25, -0.2) is 0 Å². The summed E-state index contributed by atoms with van der Waals surface area (Å²) in [5.41, 5.74) is 0. The van der Waals surface area contributed by atoms with E-state index in [9.17, 15) is 13.8 Å². The van der Waals surface area contributed by atoms with Crippen LogP contribution >= 0.6 is 0 Å².